The lowest BCUT2D eigenvalue weighted by atomic mass is 10.1. The molecular formula is C11H25NO2. The van der Waals surface area contributed by atoms with E-state index in [2.05, 4.69) is 6.92 Å². The summed E-state index contributed by atoms with van der Waals surface area (Å²) in [5.74, 6) is 0. The van der Waals surface area contributed by atoms with Crippen molar-refractivity contribution in [2.24, 2.45) is 5.73 Å². The van der Waals surface area contributed by atoms with E-state index in [1.165, 1.54) is 0 Å². The van der Waals surface area contributed by atoms with Gasteiger partial charge in [0.2, 0.25) is 0 Å². The van der Waals surface area contributed by atoms with Crippen molar-refractivity contribution in [3.05, 3.63) is 0 Å². The molecule has 0 aromatic heterocycles. The van der Waals surface area contributed by atoms with Crippen LogP contribution in [0.2, 0.25) is 0 Å². The molecule has 0 fully saturated rings. The van der Waals surface area contributed by atoms with Gasteiger partial charge in [-0.2, -0.15) is 0 Å². The van der Waals surface area contributed by atoms with Crippen molar-refractivity contribution < 1.29 is 9.47 Å². The highest BCUT2D eigenvalue weighted by Gasteiger charge is 2.02. The van der Waals surface area contributed by atoms with Crippen LogP contribution in [0, 0.1) is 0 Å². The minimum absolute atomic E-state index is 0.202. The fourth-order valence-corrected chi connectivity index (χ4v) is 1.17. The molecule has 0 bridgehead atoms. The minimum Gasteiger partial charge on any atom is -0.379 e. The van der Waals surface area contributed by atoms with Gasteiger partial charge in [0.15, 0.2) is 0 Å². The highest BCUT2D eigenvalue weighted by atomic mass is 16.5. The lowest BCUT2D eigenvalue weighted by Gasteiger charge is -2.13. The van der Waals surface area contributed by atoms with E-state index in [0.717, 1.165) is 32.5 Å². The van der Waals surface area contributed by atoms with Gasteiger partial charge >= 0.3 is 0 Å². The fraction of sp³-hybridized carbons (Fsp3) is 1.00. The Bertz CT molecular complexity index is 120. The van der Waals surface area contributed by atoms with E-state index in [1.54, 1.807) is 0 Å². The highest BCUT2D eigenvalue weighted by molar-refractivity contribution is 4.57. The maximum atomic E-state index is 5.79. The Hall–Kier alpha value is -0.120. The maximum Gasteiger partial charge on any atom is 0.0780 e. The summed E-state index contributed by atoms with van der Waals surface area (Å²) < 4.78 is 10.8. The third-order valence-corrected chi connectivity index (χ3v) is 2.20. The Kier molecular flexibility index (Phi) is 9.35. The van der Waals surface area contributed by atoms with Gasteiger partial charge in [0, 0.05) is 19.3 Å². The van der Waals surface area contributed by atoms with Crippen LogP contribution in [0.1, 0.15) is 40.0 Å². The van der Waals surface area contributed by atoms with Gasteiger partial charge in [-0.25, -0.2) is 0 Å². The lowest BCUT2D eigenvalue weighted by molar-refractivity contribution is -0.00482. The van der Waals surface area contributed by atoms with E-state index in [-0.39, 0.29) is 6.10 Å². The molecular weight excluding hydrogens is 178 g/mol. The van der Waals surface area contributed by atoms with Crippen molar-refractivity contribution in [3.8, 4) is 0 Å². The average molecular weight is 203 g/mol. The third kappa shape index (κ3) is 8.48. The van der Waals surface area contributed by atoms with E-state index in [1.807, 2.05) is 13.8 Å². The molecule has 0 heterocycles. The average Bonchev–Trinajstić information content (AvgIpc) is 2.21. The molecule has 3 heteroatoms. The number of hydrogen-bond acceptors (Lipinski definition) is 3. The van der Waals surface area contributed by atoms with Crippen LogP contribution >= 0.6 is 0 Å². The van der Waals surface area contributed by atoms with Gasteiger partial charge in [0.05, 0.1) is 12.7 Å². The van der Waals surface area contributed by atoms with Crippen molar-refractivity contribution in [2.45, 2.75) is 52.2 Å². The van der Waals surface area contributed by atoms with Crippen LogP contribution in [0.3, 0.4) is 0 Å². The van der Waals surface area contributed by atoms with Crippen molar-refractivity contribution in [2.75, 3.05) is 19.8 Å². The highest BCUT2D eigenvalue weighted by Crippen LogP contribution is 2.00. The first-order chi connectivity index (χ1) is 6.70. The number of hydrogen-bond donors (Lipinski definition) is 1. The van der Waals surface area contributed by atoms with Gasteiger partial charge in [-0.1, -0.05) is 6.92 Å². The van der Waals surface area contributed by atoms with Crippen LogP contribution in [-0.2, 0) is 9.47 Å². The Balaban J connectivity index is 3.18. The first-order valence-corrected chi connectivity index (χ1v) is 5.65. The van der Waals surface area contributed by atoms with E-state index in [0.29, 0.717) is 12.6 Å². The summed E-state index contributed by atoms with van der Waals surface area (Å²) in [4.78, 5) is 0. The second-order valence-corrected chi connectivity index (χ2v) is 3.65. The first-order valence-electron chi connectivity index (χ1n) is 5.65. The summed E-state index contributed by atoms with van der Waals surface area (Å²) in [6.07, 6.45) is 3.35. The molecule has 0 radical (unpaired) electrons. The summed E-state index contributed by atoms with van der Waals surface area (Å²) in [5.41, 5.74) is 5.79. The van der Waals surface area contributed by atoms with Crippen molar-refractivity contribution in [1.82, 2.24) is 0 Å². The zero-order valence-electron chi connectivity index (χ0n) is 9.79. The van der Waals surface area contributed by atoms with E-state index < -0.39 is 0 Å². The quantitative estimate of drug-likeness (QED) is 0.582. The zero-order valence-corrected chi connectivity index (χ0v) is 9.79. The van der Waals surface area contributed by atoms with E-state index in [9.17, 15) is 0 Å². The summed E-state index contributed by atoms with van der Waals surface area (Å²) in [6.45, 7) is 8.39. The Morgan fingerprint density at radius 3 is 2.57 bits per heavy atom. The standard InChI is InChI=1S/C11H25NO2/c1-4-11(12)7-6-8-14-10(3)9-13-5-2/h10-11H,4-9,12H2,1-3H3. The van der Waals surface area contributed by atoms with Crippen molar-refractivity contribution >= 4 is 0 Å². The van der Waals surface area contributed by atoms with E-state index in [4.69, 9.17) is 15.2 Å². The second-order valence-electron chi connectivity index (χ2n) is 3.65. The minimum atomic E-state index is 0.202. The summed E-state index contributed by atoms with van der Waals surface area (Å²) in [6, 6.07) is 0.334. The first kappa shape index (κ1) is 13.9. The molecule has 86 valence electrons. The van der Waals surface area contributed by atoms with Crippen LogP contribution in [0.15, 0.2) is 0 Å². The Labute approximate surface area is 88.0 Å². The smallest absolute Gasteiger partial charge is 0.0780 e. The van der Waals surface area contributed by atoms with Crippen molar-refractivity contribution in [3.63, 3.8) is 0 Å². The maximum absolute atomic E-state index is 5.79. The van der Waals surface area contributed by atoms with Crippen LogP contribution in [-0.4, -0.2) is 32.0 Å². The molecule has 0 aliphatic rings. The molecule has 0 aliphatic heterocycles. The van der Waals surface area contributed by atoms with Crippen LogP contribution in [0.5, 0.6) is 0 Å². The molecule has 2 N–H and O–H groups in total. The molecule has 0 rings (SSSR count). The van der Waals surface area contributed by atoms with Gasteiger partial charge in [0.25, 0.3) is 0 Å². The SMILES string of the molecule is CCOCC(C)OCCCC(N)CC. The van der Waals surface area contributed by atoms with Gasteiger partial charge < -0.3 is 15.2 Å². The second kappa shape index (κ2) is 9.44. The summed E-state index contributed by atoms with van der Waals surface area (Å²) >= 11 is 0. The molecule has 0 saturated heterocycles. The van der Waals surface area contributed by atoms with Crippen molar-refractivity contribution in [1.29, 1.82) is 0 Å². The summed E-state index contributed by atoms with van der Waals surface area (Å²) in [5, 5.41) is 0. The van der Waals surface area contributed by atoms with Gasteiger partial charge in [-0.05, 0) is 33.1 Å². The molecule has 0 aromatic carbocycles. The molecule has 0 spiro atoms. The Morgan fingerprint density at radius 1 is 1.29 bits per heavy atom. The topological polar surface area (TPSA) is 44.5 Å². The van der Waals surface area contributed by atoms with Gasteiger partial charge in [0.1, 0.15) is 0 Å². The zero-order chi connectivity index (χ0) is 10.8. The molecule has 2 atom stereocenters. The molecule has 2 unspecified atom stereocenters. The Morgan fingerprint density at radius 2 is 2.00 bits per heavy atom. The lowest BCUT2D eigenvalue weighted by Crippen LogP contribution is -2.21. The van der Waals surface area contributed by atoms with Gasteiger partial charge in [-0.3, -0.25) is 0 Å². The monoisotopic (exact) mass is 203 g/mol. The van der Waals surface area contributed by atoms with Crippen LogP contribution < -0.4 is 5.73 Å². The molecule has 14 heavy (non-hydrogen) atoms. The third-order valence-electron chi connectivity index (χ3n) is 2.20. The molecule has 0 saturated carbocycles. The van der Waals surface area contributed by atoms with Crippen LogP contribution in [0.25, 0.3) is 0 Å². The van der Waals surface area contributed by atoms with Gasteiger partial charge in [-0.15, -0.1) is 0 Å². The molecule has 0 aromatic rings. The molecule has 3 nitrogen and oxygen atoms in total. The molecule has 0 amide bonds. The molecule has 0 aliphatic carbocycles. The normalized spacial score (nSPS) is 15.4. The summed E-state index contributed by atoms with van der Waals surface area (Å²) in [7, 11) is 0. The fourth-order valence-electron chi connectivity index (χ4n) is 1.17. The predicted molar refractivity (Wildman–Crippen MR) is 59.4 cm³/mol. The van der Waals surface area contributed by atoms with E-state index >= 15 is 0 Å². The number of ether oxygens (including phenoxy) is 2. The largest absolute Gasteiger partial charge is 0.379 e. The predicted octanol–water partition coefficient (Wildman–Crippen LogP) is 1.95. The number of nitrogens with two attached hydrogens (primary N) is 1. The number of rotatable bonds is 9. The van der Waals surface area contributed by atoms with Crippen LogP contribution in [0.4, 0.5) is 0 Å².